The minimum absolute atomic E-state index is 0.127. The maximum atomic E-state index is 10.5. The van der Waals surface area contributed by atoms with Crippen molar-refractivity contribution in [1.82, 2.24) is 0 Å². The van der Waals surface area contributed by atoms with Crippen LogP contribution in [0.4, 0.5) is 0 Å². The molecule has 1 N–H and O–H groups in total. The Hall–Kier alpha value is -0.990. The summed E-state index contributed by atoms with van der Waals surface area (Å²) in [5.41, 5.74) is 1.20. The van der Waals surface area contributed by atoms with Gasteiger partial charge in [-0.05, 0) is 30.8 Å². The molecule has 0 aromatic carbocycles. The summed E-state index contributed by atoms with van der Waals surface area (Å²) in [4.78, 5) is 10.5. The minimum Gasteiger partial charge on any atom is -0.501 e. The van der Waals surface area contributed by atoms with Crippen molar-refractivity contribution in [1.29, 1.82) is 0 Å². The number of aliphatic carboxylic acids is 1. The first-order valence-electron chi connectivity index (χ1n) is 4.32. The van der Waals surface area contributed by atoms with Crippen LogP contribution >= 0.6 is 0 Å². The van der Waals surface area contributed by atoms with Gasteiger partial charge in [-0.1, -0.05) is 0 Å². The van der Waals surface area contributed by atoms with E-state index in [1.165, 1.54) is 5.57 Å². The molecule has 1 aliphatic heterocycles. The zero-order valence-electron chi connectivity index (χ0n) is 6.82. The van der Waals surface area contributed by atoms with Gasteiger partial charge in [0.15, 0.2) is 0 Å². The van der Waals surface area contributed by atoms with Gasteiger partial charge in [0.05, 0.1) is 18.8 Å². The first kappa shape index (κ1) is 7.65. The van der Waals surface area contributed by atoms with Gasteiger partial charge >= 0.3 is 5.97 Å². The molecule has 0 aromatic rings. The van der Waals surface area contributed by atoms with Crippen LogP contribution in [0.2, 0.25) is 0 Å². The first-order chi connectivity index (χ1) is 5.79. The highest BCUT2D eigenvalue weighted by Crippen LogP contribution is 2.46. The molecule has 2 aliphatic rings. The fraction of sp³-hybridized carbons (Fsp3) is 0.667. The van der Waals surface area contributed by atoms with E-state index in [4.69, 9.17) is 9.84 Å². The molecule has 12 heavy (non-hydrogen) atoms. The van der Waals surface area contributed by atoms with Gasteiger partial charge in [-0.2, -0.15) is 0 Å². The number of carbonyl (C=O) groups is 1. The normalized spacial score (nSPS) is 33.5. The van der Waals surface area contributed by atoms with Gasteiger partial charge in [0.25, 0.3) is 0 Å². The van der Waals surface area contributed by atoms with Crippen LogP contribution in [0.5, 0.6) is 0 Å². The van der Waals surface area contributed by atoms with Crippen molar-refractivity contribution in [3.63, 3.8) is 0 Å². The number of ether oxygens (including phenoxy) is 1. The SMILES string of the molecule is O=C(O)C1CC1C1=COCCC1. The molecule has 1 aliphatic carbocycles. The van der Waals surface area contributed by atoms with Crippen molar-refractivity contribution in [3.8, 4) is 0 Å². The van der Waals surface area contributed by atoms with E-state index in [9.17, 15) is 4.79 Å². The Labute approximate surface area is 71.0 Å². The van der Waals surface area contributed by atoms with Gasteiger partial charge in [-0.15, -0.1) is 0 Å². The average molecular weight is 168 g/mol. The Morgan fingerprint density at radius 3 is 3.00 bits per heavy atom. The van der Waals surface area contributed by atoms with Gasteiger partial charge in [0, 0.05) is 0 Å². The van der Waals surface area contributed by atoms with Crippen LogP contribution in [0.15, 0.2) is 11.8 Å². The second kappa shape index (κ2) is 2.81. The van der Waals surface area contributed by atoms with E-state index in [1.54, 1.807) is 6.26 Å². The Kier molecular flexibility index (Phi) is 1.79. The minimum atomic E-state index is -0.661. The van der Waals surface area contributed by atoms with E-state index in [1.807, 2.05) is 0 Å². The topological polar surface area (TPSA) is 46.5 Å². The van der Waals surface area contributed by atoms with Gasteiger partial charge in [-0.25, -0.2) is 0 Å². The van der Waals surface area contributed by atoms with E-state index in [0.717, 1.165) is 25.9 Å². The van der Waals surface area contributed by atoms with Crippen molar-refractivity contribution in [2.75, 3.05) is 6.61 Å². The Balaban J connectivity index is 1.95. The lowest BCUT2D eigenvalue weighted by Gasteiger charge is -2.12. The monoisotopic (exact) mass is 168 g/mol. The molecule has 1 fully saturated rings. The summed E-state index contributed by atoms with van der Waals surface area (Å²) >= 11 is 0. The molecule has 0 aromatic heterocycles. The van der Waals surface area contributed by atoms with Crippen LogP contribution in [-0.2, 0) is 9.53 Å². The summed E-state index contributed by atoms with van der Waals surface area (Å²) in [5.74, 6) is -0.507. The largest absolute Gasteiger partial charge is 0.501 e. The number of hydrogen-bond acceptors (Lipinski definition) is 2. The van der Waals surface area contributed by atoms with Crippen LogP contribution in [0.1, 0.15) is 19.3 Å². The predicted molar refractivity (Wildman–Crippen MR) is 42.5 cm³/mol. The number of allylic oxidation sites excluding steroid dienone is 1. The lowest BCUT2D eigenvalue weighted by atomic mass is 10.0. The van der Waals surface area contributed by atoms with Crippen LogP contribution in [0.3, 0.4) is 0 Å². The fourth-order valence-corrected chi connectivity index (χ4v) is 1.74. The molecule has 2 atom stereocenters. The molecule has 1 heterocycles. The summed E-state index contributed by atoms with van der Waals surface area (Å²) in [6.45, 7) is 0.786. The zero-order valence-corrected chi connectivity index (χ0v) is 6.82. The molecule has 0 radical (unpaired) electrons. The smallest absolute Gasteiger partial charge is 0.307 e. The fourth-order valence-electron chi connectivity index (χ4n) is 1.74. The molecule has 3 heteroatoms. The molecular formula is C9H12O3. The van der Waals surface area contributed by atoms with Crippen LogP contribution in [0.25, 0.3) is 0 Å². The van der Waals surface area contributed by atoms with E-state index in [2.05, 4.69) is 0 Å². The molecule has 3 nitrogen and oxygen atoms in total. The third kappa shape index (κ3) is 1.31. The Morgan fingerprint density at radius 2 is 2.50 bits per heavy atom. The van der Waals surface area contributed by atoms with Crippen molar-refractivity contribution >= 4 is 5.97 Å². The van der Waals surface area contributed by atoms with Crippen LogP contribution < -0.4 is 0 Å². The summed E-state index contributed by atoms with van der Waals surface area (Å²) in [5, 5.41) is 8.69. The van der Waals surface area contributed by atoms with E-state index >= 15 is 0 Å². The maximum Gasteiger partial charge on any atom is 0.307 e. The first-order valence-corrected chi connectivity index (χ1v) is 4.32. The number of rotatable bonds is 2. The average Bonchev–Trinajstić information content (AvgIpc) is 2.84. The van der Waals surface area contributed by atoms with Crippen LogP contribution in [0, 0.1) is 11.8 Å². The number of carboxylic acid groups (broad SMARTS) is 1. The predicted octanol–water partition coefficient (Wildman–Crippen LogP) is 1.40. The van der Waals surface area contributed by atoms with Gasteiger partial charge < -0.3 is 9.84 Å². The third-order valence-corrected chi connectivity index (χ3v) is 2.55. The van der Waals surface area contributed by atoms with Crippen molar-refractivity contribution < 1.29 is 14.6 Å². The summed E-state index contributed by atoms with van der Waals surface area (Å²) < 4.78 is 5.16. The van der Waals surface area contributed by atoms with Crippen molar-refractivity contribution in [2.45, 2.75) is 19.3 Å². The zero-order chi connectivity index (χ0) is 8.55. The van der Waals surface area contributed by atoms with Crippen LogP contribution in [-0.4, -0.2) is 17.7 Å². The van der Waals surface area contributed by atoms with E-state index < -0.39 is 5.97 Å². The van der Waals surface area contributed by atoms with E-state index in [0.29, 0.717) is 0 Å². The highest BCUT2D eigenvalue weighted by molar-refractivity contribution is 5.74. The molecule has 0 spiro atoms. The Morgan fingerprint density at radius 1 is 1.67 bits per heavy atom. The summed E-state index contributed by atoms with van der Waals surface area (Å²) in [7, 11) is 0. The lowest BCUT2D eigenvalue weighted by Crippen LogP contribution is -2.05. The number of hydrogen-bond donors (Lipinski definition) is 1. The second-order valence-corrected chi connectivity index (χ2v) is 3.45. The highest BCUT2D eigenvalue weighted by atomic mass is 16.5. The maximum absolute atomic E-state index is 10.5. The molecular weight excluding hydrogens is 156 g/mol. The van der Waals surface area contributed by atoms with Gasteiger partial charge in [0.1, 0.15) is 0 Å². The molecule has 0 amide bonds. The Bertz CT molecular complexity index is 232. The van der Waals surface area contributed by atoms with E-state index in [-0.39, 0.29) is 11.8 Å². The van der Waals surface area contributed by atoms with Crippen molar-refractivity contribution in [2.24, 2.45) is 11.8 Å². The highest BCUT2D eigenvalue weighted by Gasteiger charge is 2.45. The van der Waals surface area contributed by atoms with Crippen molar-refractivity contribution in [3.05, 3.63) is 11.8 Å². The van der Waals surface area contributed by atoms with Gasteiger partial charge in [-0.3, -0.25) is 4.79 Å². The molecule has 2 unspecified atom stereocenters. The van der Waals surface area contributed by atoms with Gasteiger partial charge in [0.2, 0.25) is 0 Å². The number of carboxylic acids is 1. The summed E-state index contributed by atoms with van der Waals surface area (Å²) in [6.07, 6.45) is 4.63. The quantitative estimate of drug-likeness (QED) is 0.678. The molecule has 0 saturated heterocycles. The molecule has 0 bridgehead atoms. The summed E-state index contributed by atoms with van der Waals surface area (Å²) in [6, 6.07) is 0. The third-order valence-electron chi connectivity index (χ3n) is 2.55. The lowest BCUT2D eigenvalue weighted by molar-refractivity contribution is -0.138. The molecule has 2 rings (SSSR count). The standard InChI is InChI=1S/C9H12O3/c10-9(11)8-4-7(8)6-2-1-3-12-5-6/h5,7-8H,1-4H2,(H,10,11). The molecule has 1 saturated carbocycles. The molecule has 66 valence electrons. The second-order valence-electron chi connectivity index (χ2n) is 3.45.